The number of carboxylic acid groups (broad SMARTS) is 1. The van der Waals surface area contributed by atoms with Crippen LogP contribution in [0.25, 0.3) is 6.08 Å². The van der Waals surface area contributed by atoms with Gasteiger partial charge in [0.25, 0.3) is 0 Å². The summed E-state index contributed by atoms with van der Waals surface area (Å²) in [5.74, 6) is -0.974. The van der Waals surface area contributed by atoms with Crippen molar-refractivity contribution in [3.63, 3.8) is 0 Å². The van der Waals surface area contributed by atoms with Gasteiger partial charge in [0.2, 0.25) is 0 Å². The smallest absolute Gasteiger partial charge is 0.328 e. The maximum atomic E-state index is 10.2. The Morgan fingerprint density at radius 2 is 2.08 bits per heavy atom. The Morgan fingerprint density at radius 1 is 1.42 bits per heavy atom. The maximum Gasteiger partial charge on any atom is 0.328 e. The van der Waals surface area contributed by atoms with Crippen molar-refractivity contribution in [3.05, 3.63) is 35.9 Å². The first-order valence-corrected chi connectivity index (χ1v) is 3.45. The molecule has 1 aromatic rings. The first-order valence-electron chi connectivity index (χ1n) is 3.45. The van der Waals surface area contributed by atoms with Crippen LogP contribution in [0.5, 0.6) is 0 Å². The highest BCUT2D eigenvalue weighted by Crippen LogP contribution is 2.11. The Labute approximate surface area is 70.1 Å². The van der Waals surface area contributed by atoms with Crippen LogP contribution in [0.3, 0.4) is 0 Å². The number of rotatable bonds is 2. The van der Waals surface area contributed by atoms with Gasteiger partial charge in [-0.05, 0) is 17.7 Å². The molecule has 0 fully saturated rings. The summed E-state index contributed by atoms with van der Waals surface area (Å²) >= 11 is 0. The number of para-hydroxylation sites is 1. The van der Waals surface area contributed by atoms with Gasteiger partial charge in [-0.25, -0.2) is 4.79 Å². The molecule has 0 saturated carbocycles. The zero-order chi connectivity index (χ0) is 8.97. The number of nitrogen functional groups attached to an aromatic ring is 1. The molecule has 0 atom stereocenters. The summed E-state index contributed by atoms with van der Waals surface area (Å²) in [5.41, 5.74) is 6.86. The molecular weight excluding hydrogens is 154 g/mol. The van der Waals surface area contributed by atoms with Gasteiger partial charge in [-0.2, -0.15) is 0 Å². The molecule has 12 heavy (non-hydrogen) atoms. The molecule has 62 valence electrons. The molecule has 0 heterocycles. The molecule has 1 aromatic carbocycles. The number of anilines is 1. The van der Waals surface area contributed by atoms with Crippen molar-refractivity contribution >= 4 is 17.7 Å². The van der Waals surface area contributed by atoms with Crippen molar-refractivity contribution in [2.24, 2.45) is 0 Å². The highest BCUT2D eigenvalue weighted by atomic mass is 16.4. The van der Waals surface area contributed by atoms with Gasteiger partial charge in [0.1, 0.15) is 0 Å². The van der Waals surface area contributed by atoms with E-state index in [-0.39, 0.29) is 0 Å². The second kappa shape index (κ2) is 3.57. The van der Waals surface area contributed by atoms with Crippen LogP contribution in [0.4, 0.5) is 5.69 Å². The second-order valence-corrected chi connectivity index (χ2v) is 2.30. The lowest BCUT2D eigenvalue weighted by atomic mass is 10.2. The highest BCUT2D eigenvalue weighted by Gasteiger charge is 1.92. The fourth-order valence-electron chi connectivity index (χ4n) is 0.824. The van der Waals surface area contributed by atoms with E-state index < -0.39 is 5.97 Å². The van der Waals surface area contributed by atoms with E-state index in [0.717, 1.165) is 11.6 Å². The highest BCUT2D eigenvalue weighted by molar-refractivity contribution is 5.86. The molecule has 0 spiro atoms. The van der Waals surface area contributed by atoms with Crippen LogP contribution in [0, 0.1) is 0 Å². The van der Waals surface area contributed by atoms with E-state index in [4.69, 9.17) is 10.8 Å². The first kappa shape index (κ1) is 8.33. The summed E-state index contributed by atoms with van der Waals surface area (Å²) in [6.07, 6.45) is 2.53. The van der Waals surface area contributed by atoms with Gasteiger partial charge in [0.05, 0.1) is 0 Å². The number of aliphatic carboxylic acids is 1. The average Bonchev–Trinajstić information content (AvgIpc) is 2.03. The molecule has 1 rings (SSSR count). The number of hydrogen-bond donors (Lipinski definition) is 2. The van der Waals surface area contributed by atoms with E-state index in [1.807, 2.05) is 0 Å². The minimum Gasteiger partial charge on any atom is -0.478 e. The Balaban J connectivity index is 2.89. The Morgan fingerprint density at radius 3 is 2.67 bits per heavy atom. The fraction of sp³-hybridized carbons (Fsp3) is 0. The molecule has 0 aromatic heterocycles. The zero-order valence-electron chi connectivity index (χ0n) is 6.40. The zero-order valence-corrected chi connectivity index (χ0v) is 6.40. The quantitative estimate of drug-likeness (QED) is 0.511. The van der Waals surface area contributed by atoms with Gasteiger partial charge >= 0.3 is 5.97 Å². The van der Waals surface area contributed by atoms with Crippen LogP contribution in [0.2, 0.25) is 0 Å². The summed E-state index contributed by atoms with van der Waals surface area (Å²) in [5, 5.41) is 8.34. The van der Waals surface area contributed by atoms with Gasteiger partial charge in [-0.3, -0.25) is 0 Å². The van der Waals surface area contributed by atoms with Crippen LogP contribution in [-0.4, -0.2) is 11.1 Å². The molecule has 0 radical (unpaired) electrons. The molecule has 0 aliphatic heterocycles. The van der Waals surface area contributed by atoms with E-state index in [2.05, 4.69) is 0 Å². The lowest BCUT2D eigenvalue weighted by Crippen LogP contribution is -1.90. The van der Waals surface area contributed by atoms with Crippen LogP contribution >= 0.6 is 0 Å². The van der Waals surface area contributed by atoms with E-state index >= 15 is 0 Å². The number of carbonyl (C=O) groups is 1. The molecule has 3 nitrogen and oxygen atoms in total. The van der Waals surface area contributed by atoms with Crippen LogP contribution in [0.15, 0.2) is 30.3 Å². The summed E-state index contributed by atoms with van der Waals surface area (Å²) in [4.78, 5) is 10.2. The van der Waals surface area contributed by atoms with E-state index in [0.29, 0.717) is 5.69 Å². The number of nitrogens with two attached hydrogens (primary N) is 1. The SMILES string of the molecule is Nc1ccccc1/C=C/C(=O)O. The van der Waals surface area contributed by atoms with Crippen molar-refractivity contribution < 1.29 is 9.90 Å². The molecule has 3 N–H and O–H groups in total. The standard InChI is InChI=1S/C9H9NO2/c10-8-4-2-1-3-7(8)5-6-9(11)12/h1-6H,10H2,(H,11,12)/b6-5+. The van der Waals surface area contributed by atoms with Crippen LogP contribution < -0.4 is 5.73 Å². The number of benzene rings is 1. The summed E-state index contributed by atoms with van der Waals surface area (Å²) in [6.45, 7) is 0. The predicted molar refractivity (Wildman–Crippen MR) is 47.5 cm³/mol. The van der Waals surface area contributed by atoms with Crippen molar-refractivity contribution in [2.75, 3.05) is 5.73 Å². The summed E-state index contributed by atoms with van der Waals surface area (Å²) < 4.78 is 0. The number of carboxylic acids is 1. The minimum atomic E-state index is -0.974. The van der Waals surface area contributed by atoms with Crippen molar-refractivity contribution in [1.29, 1.82) is 0 Å². The number of hydrogen-bond acceptors (Lipinski definition) is 2. The van der Waals surface area contributed by atoms with E-state index in [1.54, 1.807) is 24.3 Å². The van der Waals surface area contributed by atoms with E-state index in [9.17, 15) is 4.79 Å². The lowest BCUT2D eigenvalue weighted by molar-refractivity contribution is -0.131. The minimum absolute atomic E-state index is 0.579. The molecule has 0 aliphatic rings. The van der Waals surface area contributed by atoms with Crippen molar-refractivity contribution in [2.45, 2.75) is 0 Å². The molecule has 0 amide bonds. The molecular formula is C9H9NO2. The monoisotopic (exact) mass is 163 g/mol. The maximum absolute atomic E-state index is 10.2. The average molecular weight is 163 g/mol. The van der Waals surface area contributed by atoms with Crippen molar-refractivity contribution in [3.8, 4) is 0 Å². The Kier molecular flexibility index (Phi) is 2.48. The topological polar surface area (TPSA) is 63.3 Å². The molecule has 3 heteroatoms. The summed E-state index contributed by atoms with van der Waals surface area (Å²) in [7, 11) is 0. The lowest BCUT2D eigenvalue weighted by Gasteiger charge is -1.96. The third kappa shape index (κ3) is 2.12. The molecule has 0 bridgehead atoms. The van der Waals surface area contributed by atoms with Gasteiger partial charge in [-0.15, -0.1) is 0 Å². The predicted octanol–water partition coefficient (Wildman–Crippen LogP) is 1.37. The van der Waals surface area contributed by atoms with Gasteiger partial charge in [-0.1, -0.05) is 18.2 Å². The Bertz CT molecular complexity index is 318. The molecule has 0 aliphatic carbocycles. The fourth-order valence-corrected chi connectivity index (χ4v) is 0.824. The van der Waals surface area contributed by atoms with Gasteiger partial charge in [0, 0.05) is 11.8 Å². The first-order chi connectivity index (χ1) is 5.70. The second-order valence-electron chi connectivity index (χ2n) is 2.30. The normalized spacial score (nSPS) is 10.3. The van der Waals surface area contributed by atoms with Crippen LogP contribution in [-0.2, 0) is 4.79 Å². The Hall–Kier alpha value is -1.77. The van der Waals surface area contributed by atoms with E-state index in [1.165, 1.54) is 6.08 Å². The van der Waals surface area contributed by atoms with Gasteiger partial charge in [0.15, 0.2) is 0 Å². The molecule has 0 saturated heterocycles. The largest absolute Gasteiger partial charge is 0.478 e. The molecule has 0 unspecified atom stereocenters. The van der Waals surface area contributed by atoms with Gasteiger partial charge < -0.3 is 10.8 Å². The third-order valence-corrected chi connectivity index (χ3v) is 1.40. The van der Waals surface area contributed by atoms with Crippen molar-refractivity contribution in [1.82, 2.24) is 0 Å². The third-order valence-electron chi connectivity index (χ3n) is 1.40. The summed E-state index contributed by atoms with van der Waals surface area (Å²) in [6, 6.07) is 7.08. The van der Waals surface area contributed by atoms with Crippen LogP contribution in [0.1, 0.15) is 5.56 Å².